The number of hydrogen-bond acceptors (Lipinski definition) is 8. The van der Waals surface area contributed by atoms with Gasteiger partial charge in [-0.15, -0.1) is 0 Å². The number of amides is 1. The first-order valence-corrected chi connectivity index (χ1v) is 19.9. The van der Waals surface area contributed by atoms with Crippen LogP contribution >= 0.6 is 0 Å². The molecule has 35 heavy (non-hydrogen) atoms. The molecule has 2 heterocycles. The molecule has 2 atom stereocenters. The fraction of sp³-hybridized carbons (Fsp3) is 0.875. The summed E-state index contributed by atoms with van der Waals surface area (Å²) in [6.07, 6.45) is 2.46. The number of carbonyl (C=O) groups excluding carboxylic acids is 3. The molecule has 0 radical (unpaired) electrons. The van der Waals surface area contributed by atoms with Gasteiger partial charge in [0.25, 0.3) is 0 Å². The number of nitrogens with zero attached hydrogens (tertiary/aromatic N) is 1. The van der Waals surface area contributed by atoms with Crippen LogP contribution in [-0.4, -0.2) is 96.2 Å². The van der Waals surface area contributed by atoms with Crippen LogP contribution in [0.4, 0.5) is 4.79 Å². The Morgan fingerprint density at radius 1 is 0.857 bits per heavy atom. The maximum atomic E-state index is 12.2. The highest BCUT2D eigenvalue weighted by molar-refractivity contribution is 6.76. The molecule has 0 aromatic carbocycles. The molecule has 2 saturated heterocycles. The second-order valence-corrected chi connectivity index (χ2v) is 23.3. The Balaban J connectivity index is 0.000000379. The molecule has 2 aliphatic rings. The van der Waals surface area contributed by atoms with Crippen molar-refractivity contribution in [3.63, 3.8) is 0 Å². The van der Waals surface area contributed by atoms with Gasteiger partial charge >= 0.3 is 18.0 Å². The summed E-state index contributed by atoms with van der Waals surface area (Å²) in [6, 6.07) is -0.718. The van der Waals surface area contributed by atoms with E-state index < -0.39 is 39.9 Å². The number of ether oxygens (including phenoxy) is 5. The third-order valence-electron chi connectivity index (χ3n) is 4.82. The fourth-order valence-electron chi connectivity index (χ4n) is 3.05. The van der Waals surface area contributed by atoms with Gasteiger partial charge in [0.2, 0.25) is 0 Å². The highest BCUT2D eigenvalue weighted by Crippen LogP contribution is 2.17. The van der Waals surface area contributed by atoms with Crippen molar-refractivity contribution in [2.75, 3.05) is 45.4 Å². The maximum Gasteiger partial charge on any atom is 0.411 e. The van der Waals surface area contributed by atoms with Crippen molar-refractivity contribution in [1.82, 2.24) is 4.90 Å². The molecule has 2 unspecified atom stereocenters. The zero-order chi connectivity index (χ0) is 26.9. The summed E-state index contributed by atoms with van der Waals surface area (Å²) >= 11 is 0. The van der Waals surface area contributed by atoms with E-state index in [2.05, 4.69) is 39.3 Å². The minimum Gasteiger partial charge on any atom is -0.469 e. The molecule has 0 bridgehead atoms. The van der Waals surface area contributed by atoms with E-state index in [1.54, 1.807) is 20.8 Å². The van der Waals surface area contributed by atoms with E-state index in [1.165, 1.54) is 4.90 Å². The molecule has 0 aromatic heterocycles. The van der Waals surface area contributed by atoms with Gasteiger partial charge in [0, 0.05) is 13.2 Å². The van der Waals surface area contributed by atoms with Gasteiger partial charge in [0.05, 0.1) is 54.3 Å². The SMILES string of the molecule is CC(C)(C)OC(=O)N1CCOCC1C(=O)OC[Si](C)(C)C.C[Si](C)(C)COC(=O)C1CCCOC1. The number of esters is 2. The van der Waals surface area contributed by atoms with Gasteiger partial charge < -0.3 is 23.7 Å². The summed E-state index contributed by atoms with van der Waals surface area (Å²) in [5.41, 5.74) is -0.595. The minimum absolute atomic E-state index is 0.0138. The summed E-state index contributed by atoms with van der Waals surface area (Å²) in [5.74, 6) is -0.491. The molecular weight excluding hydrogens is 486 g/mol. The summed E-state index contributed by atoms with van der Waals surface area (Å²) in [5, 5.41) is 0. The Morgan fingerprint density at radius 2 is 1.40 bits per heavy atom. The van der Waals surface area contributed by atoms with Crippen LogP contribution in [0.15, 0.2) is 0 Å². The molecule has 11 heteroatoms. The second-order valence-electron chi connectivity index (χ2n) is 12.5. The molecule has 2 aliphatic heterocycles. The second kappa shape index (κ2) is 13.8. The summed E-state index contributed by atoms with van der Waals surface area (Å²) in [4.78, 5) is 37.3. The van der Waals surface area contributed by atoms with Crippen molar-refractivity contribution in [2.24, 2.45) is 5.92 Å². The van der Waals surface area contributed by atoms with Crippen molar-refractivity contribution in [3.8, 4) is 0 Å². The quantitative estimate of drug-likeness (QED) is 0.288. The van der Waals surface area contributed by atoms with Crippen LogP contribution in [0.5, 0.6) is 0 Å². The zero-order valence-electron chi connectivity index (χ0n) is 23.2. The Morgan fingerprint density at radius 3 is 1.89 bits per heavy atom. The molecule has 0 aromatic rings. The smallest absolute Gasteiger partial charge is 0.411 e. The highest BCUT2D eigenvalue weighted by Gasteiger charge is 2.37. The van der Waals surface area contributed by atoms with Crippen LogP contribution in [0.2, 0.25) is 39.3 Å². The van der Waals surface area contributed by atoms with Gasteiger partial charge in [-0.2, -0.15) is 0 Å². The highest BCUT2D eigenvalue weighted by atomic mass is 28.3. The molecule has 0 N–H and O–H groups in total. The van der Waals surface area contributed by atoms with E-state index in [9.17, 15) is 14.4 Å². The van der Waals surface area contributed by atoms with Gasteiger partial charge in [-0.1, -0.05) is 39.3 Å². The van der Waals surface area contributed by atoms with E-state index in [-0.39, 0.29) is 18.5 Å². The predicted molar refractivity (Wildman–Crippen MR) is 140 cm³/mol. The number of morpholine rings is 1. The molecule has 204 valence electrons. The van der Waals surface area contributed by atoms with Crippen LogP contribution < -0.4 is 0 Å². The fourth-order valence-corrected chi connectivity index (χ4v) is 4.20. The van der Waals surface area contributed by atoms with Crippen molar-refractivity contribution in [3.05, 3.63) is 0 Å². The predicted octanol–water partition coefficient (Wildman–Crippen LogP) is 3.88. The average molecular weight is 534 g/mol. The van der Waals surface area contributed by atoms with Crippen LogP contribution in [0.3, 0.4) is 0 Å². The minimum atomic E-state index is -1.49. The average Bonchev–Trinajstić information content (AvgIpc) is 2.74. The van der Waals surface area contributed by atoms with Crippen LogP contribution in [0.25, 0.3) is 0 Å². The molecular formula is C24H47NO8Si2. The molecule has 0 saturated carbocycles. The summed E-state index contributed by atoms with van der Waals surface area (Å²) in [7, 11) is -2.76. The van der Waals surface area contributed by atoms with Gasteiger partial charge in [-0.3, -0.25) is 9.69 Å². The van der Waals surface area contributed by atoms with Crippen molar-refractivity contribution in [2.45, 2.75) is 84.5 Å². The van der Waals surface area contributed by atoms with Gasteiger partial charge in [0.1, 0.15) is 5.60 Å². The Bertz CT molecular complexity index is 691. The lowest BCUT2D eigenvalue weighted by Crippen LogP contribution is -2.54. The van der Waals surface area contributed by atoms with E-state index >= 15 is 0 Å². The van der Waals surface area contributed by atoms with Gasteiger partial charge in [0.15, 0.2) is 6.04 Å². The normalized spacial score (nSPS) is 21.3. The van der Waals surface area contributed by atoms with Crippen molar-refractivity contribution < 1.29 is 38.1 Å². The third-order valence-corrected chi connectivity index (χ3v) is 6.84. The van der Waals surface area contributed by atoms with E-state index in [1.807, 2.05) is 0 Å². The van der Waals surface area contributed by atoms with Crippen LogP contribution in [0.1, 0.15) is 33.6 Å². The lowest BCUT2D eigenvalue weighted by molar-refractivity contribution is -0.154. The molecule has 2 fully saturated rings. The molecule has 0 aliphatic carbocycles. The van der Waals surface area contributed by atoms with Crippen molar-refractivity contribution in [1.29, 1.82) is 0 Å². The Labute approximate surface area is 213 Å². The van der Waals surface area contributed by atoms with E-state index in [0.29, 0.717) is 32.2 Å². The van der Waals surface area contributed by atoms with Gasteiger partial charge in [-0.25, -0.2) is 9.59 Å². The monoisotopic (exact) mass is 533 g/mol. The van der Waals surface area contributed by atoms with Crippen LogP contribution in [-0.2, 0) is 33.3 Å². The first-order chi connectivity index (χ1) is 16.0. The summed E-state index contributed by atoms with van der Waals surface area (Å²) < 4.78 is 26.5. The molecule has 0 spiro atoms. The number of rotatable bonds is 6. The first-order valence-electron chi connectivity index (χ1n) is 12.5. The molecule has 9 nitrogen and oxygen atoms in total. The Kier molecular flexibility index (Phi) is 12.4. The van der Waals surface area contributed by atoms with Crippen molar-refractivity contribution >= 4 is 34.2 Å². The number of carbonyl (C=O) groups is 3. The largest absolute Gasteiger partial charge is 0.469 e. The molecule has 1 amide bonds. The lowest BCUT2D eigenvalue weighted by Gasteiger charge is -2.35. The Hall–Kier alpha value is -1.44. The first kappa shape index (κ1) is 31.6. The standard InChI is InChI=1S/C14H27NO5Si.C10H20O3Si/c1-14(2,3)20-13(17)15-7-8-18-9-11(15)12(16)19-10-21(4,5)6;1-14(2,3)8-13-10(11)9-5-4-6-12-7-9/h11H,7-10H2,1-6H3;9H,4-8H2,1-3H3. The maximum absolute atomic E-state index is 12.2. The summed E-state index contributed by atoms with van der Waals surface area (Å²) in [6.45, 7) is 20.5. The third kappa shape index (κ3) is 14.0. The number of hydrogen-bond donors (Lipinski definition) is 0. The topological polar surface area (TPSA) is 101 Å². The van der Waals surface area contributed by atoms with Gasteiger partial charge in [-0.05, 0) is 33.6 Å². The van der Waals surface area contributed by atoms with E-state index in [4.69, 9.17) is 23.7 Å². The zero-order valence-corrected chi connectivity index (χ0v) is 25.2. The molecule has 2 rings (SSSR count). The van der Waals surface area contributed by atoms with E-state index in [0.717, 1.165) is 19.4 Å². The lowest BCUT2D eigenvalue weighted by atomic mass is 10.0. The van der Waals surface area contributed by atoms with Crippen LogP contribution in [0, 0.1) is 5.92 Å².